The second kappa shape index (κ2) is 7.37. The SMILES string of the molecule is COc1cc2c3c(n(CCCN(C)C)c(=O)c2cc1OC)-c1ccccc1C3=O. The minimum atomic E-state index is -0.122. The lowest BCUT2D eigenvalue weighted by Crippen LogP contribution is -2.25. The van der Waals surface area contributed by atoms with Crippen molar-refractivity contribution in [2.75, 3.05) is 34.9 Å². The number of carbonyl (C=O) groups excluding carboxylic acids is 1. The first-order valence-electron chi connectivity index (χ1n) is 9.59. The Hall–Kier alpha value is -3.12. The standard InChI is InChI=1S/C23H24N2O4/c1-24(2)10-7-11-25-21-14-8-5-6-9-15(14)22(26)20(21)16-12-18(28-3)19(29-4)13-17(16)23(25)27/h5-6,8-9,12-13H,7,10-11H2,1-4H3. The van der Waals surface area contributed by atoms with Crippen molar-refractivity contribution >= 4 is 16.6 Å². The fourth-order valence-electron chi connectivity index (χ4n) is 4.06. The predicted molar refractivity (Wildman–Crippen MR) is 113 cm³/mol. The van der Waals surface area contributed by atoms with Gasteiger partial charge in [-0.1, -0.05) is 24.3 Å². The largest absolute Gasteiger partial charge is 0.493 e. The zero-order valence-corrected chi connectivity index (χ0v) is 17.1. The molecule has 0 bridgehead atoms. The van der Waals surface area contributed by atoms with E-state index in [0.717, 1.165) is 18.5 Å². The van der Waals surface area contributed by atoms with Crippen LogP contribution in [0.4, 0.5) is 0 Å². The van der Waals surface area contributed by atoms with Gasteiger partial charge >= 0.3 is 0 Å². The van der Waals surface area contributed by atoms with Gasteiger partial charge in [0.1, 0.15) is 0 Å². The van der Waals surface area contributed by atoms with E-state index in [9.17, 15) is 9.59 Å². The number of hydrogen-bond donors (Lipinski definition) is 0. The number of pyridine rings is 1. The lowest BCUT2D eigenvalue weighted by molar-refractivity contribution is 0.104. The number of carbonyl (C=O) groups is 1. The third-order valence-electron chi connectivity index (χ3n) is 5.42. The molecule has 6 heteroatoms. The molecule has 150 valence electrons. The molecule has 0 spiro atoms. The van der Waals surface area contributed by atoms with Crippen LogP contribution in [0.1, 0.15) is 22.3 Å². The fourth-order valence-corrected chi connectivity index (χ4v) is 4.06. The number of ether oxygens (including phenoxy) is 2. The van der Waals surface area contributed by atoms with Crippen molar-refractivity contribution in [3.05, 3.63) is 57.9 Å². The van der Waals surface area contributed by atoms with Crippen molar-refractivity contribution in [3.63, 3.8) is 0 Å². The Morgan fingerprint density at radius 2 is 1.55 bits per heavy atom. The molecular formula is C23H24N2O4. The first-order valence-corrected chi connectivity index (χ1v) is 9.59. The third kappa shape index (κ3) is 3.00. The van der Waals surface area contributed by atoms with Crippen LogP contribution in [0.5, 0.6) is 11.5 Å². The molecule has 1 aliphatic rings. The van der Waals surface area contributed by atoms with E-state index >= 15 is 0 Å². The maximum absolute atomic E-state index is 13.5. The molecule has 1 aromatic heterocycles. The zero-order valence-electron chi connectivity index (χ0n) is 17.1. The number of methoxy groups -OCH3 is 2. The minimum absolute atomic E-state index is 0.0609. The number of fused-ring (bicyclic) bond motifs is 5. The van der Waals surface area contributed by atoms with Crippen LogP contribution >= 0.6 is 0 Å². The monoisotopic (exact) mass is 392 g/mol. The summed E-state index contributed by atoms with van der Waals surface area (Å²) in [5.41, 5.74) is 2.58. The van der Waals surface area contributed by atoms with Gasteiger partial charge in [-0.2, -0.15) is 0 Å². The van der Waals surface area contributed by atoms with Crippen molar-refractivity contribution < 1.29 is 14.3 Å². The lowest BCUT2D eigenvalue weighted by atomic mass is 10.0. The average molecular weight is 392 g/mol. The van der Waals surface area contributed by atoms with Crippen molar-refractivity contribution in [3.8, 4) is 22.8 Å². The van der Waals surface area contributed by atoms with Crippen LogP contribution in [0.2, 0.25) is 0 Å². The second-order valence-corrected chi connectivity index (χ2v) is 7.46. The van der Waals surface area contributed by atoms with Crippen LogP contribution in [0.25, 0.3) is 22.0 Å². The predicted octanol–water partition coefficient (Wildman–Crippen LogP) is 3.18. The van der Waals surface area contributed by atoms with Gasteiger partial charge in [-0.15, -0.1) is 0 Å². The molecule has 0 amide bonds. The highest BCUT2D eigenvalue weighted by Gasteiger charge is 2.32. The summed E-state index contributed by atoms with van der Waals surface area (Å²) in [5.74, 6) is 0.907. The fraction of sp³-hybridized carbons (Fsp3) is 0.304. The number of hydrogen-bond acceptors (Lipinski definition) is 5. The molecule has 0 aliphatic heterocycles. The van der Waals surface area contributed by atoms with E-state index in [0.29, 0.717) is 45.6 Å². The van der Waals surface area contributed by atoms with Gasteiger partial charge in [0.2, 0.25) is 0 Å². The number of aromatic nitrogens is 1. The Balaban J connectivity index is 2.05. The Bertz CT molecular complexity index is 1180. The summed E-state index contributed by atoms with van der Waals surface area (Å²) < 4.78 is 12.6. The molecule has 0 atom stereocenters. The molecule has 0 unspecified atom stereocenters. The number of ketones is 1. The molecule has 1 aliphatic carbocycles. The summed E-state index contributed by atoms with van der Waals surface area (Å²) in [4.78, 5) is 28.9. The van der Waals surface area contributed by atoms with Gasteiger partial charge in [-0.3, -0.25) is 9.59 Å². The van der Waals surface area contributed by atoms with Gasteiger partial charge in [0.15, 0.2) is 17.3 Å². The highest BCUT2D eigenvalue weighted by atomic mass is 16.5. The van der Waals surface area contributed by atoms with E-state index in [4.69, 9.17) is 9.47 Å². The molecule has 0 radical (unpaired) electrons. The maximum Gasteiger partial charge on any atom is 0.259 e. The summed E-state index contributed by atoms with van der Waals surface area (Å²) in [6.07, 6.45) is 0.800. The number of nitrogens with zero attached hydrogens (tertiary/aromatic N) is 2. The molecule has 3 aromatic rings. The van der Waals surface area contributed by atoms with E-state index in [1.807, 2.05) is 38.4 Å². The molecule has 0 saturated heterocycles. The molecular weight excluding hydrogens is 368 g/mol. The minimum Gasteiger partial charge on any atom is -0.493 e. The maximum atomic E-state index is 13.5. The molecule has 6 nitrogen and oxygen atoms in total. The summed E-state index contributed by atoms with van der Waals surface area (Å²) >= 11 is 0. The molecule has 4 rings (SSSR count). The van der Waals surface area contributed by atoms with Crippen LogP contribution in [0.3, 0.4) is 0 Å². The van der Waals surface area contributed by atoms with Gasteiger partial charge in [-0.05, 0) is 39.2 Å². The van der Waals surface area contributed by atoms with Crippen LogP contribution in [0.15, 0.2) is 41.2 Å². The van der Waals surface area contributed by atoms with Crippen molar-refractivity contribution in [2.24, 2.45) is 0 Å². The number of rotatable bonds is 6. The highest BCUT2D eigenvalue weighted by Crippen LogP contribution is 2.41. The Labute approximate surface area is 169 Å². The van der Waals surface area contributed by atoms with Crippen LogP contribution in [-0.4, -0.2) is 50.1 Å². The van der Waals surface area contributed by atoms with Gasteiger partial charge in [-0.25, -0.2) is 0 Å². The smallest absolute Gasteiger partial charge is 0.259 e. The van der Waals surface area contributed by atoms with E-state index < -0.39 is 0 Å². The third-order valence-corrected chi connectivity index (χ3v) is 5.42. The molecule has 0 saturated carbocycles. The Morgan fingerprint density at radius 1 is 0.931 bits per heavy atom. The van der Waals surface area contributed by atoms with Gasteiger partial charge in [0.25, 0.3) is 5.56 Å². The quantitative estimate of drug-likeness (QED) is 0.504. The van der Waals surface area contributed by atoms with E-state index in [1.54, 1.807) is 23.8 Å². The number of benzene rings is 2. The molecule has 0 fully saturated rings. The topological polar surface area (TPSA) is 60.8 Å². The summed E-state index contributed by atoms with van der Waals surface area (Å²) in [6.45, 7) is 1.38. The van der Waals surface area contributed by atoms with Gasteiger partial charge in [0.05, 0.1) is 30.9 Å². The Morgan fingerprint density at radius 3 is 2.17 bits per heavy atom. The Kier molecular flexibility index (Phi) is 4.88. The second-order valence-electron chi connectivity index (χ2n) is 7.46. The highest BCUT2D eigenvalue weighted by molar-refractivity contribution is 6.26. The zero-order chi connectivity index (χ0) is 20.7. The van der Waals surface area contributed by atoms with Crippen molar-refractivity contribution in [1.29, 1.82) is 0 Å². The first-order chi connectivity index (χ1) is 14.0. The van der Waals surface area contributed by atoms with Crippen molar-refractivity contribution in [1.82, 2.24) is 9.47 Å². The van der Waals surface area contributed by atoms with Crippen LogP contribution < -0.4 is 15.0 Å². The molecule has 1 heterocycles. The molecule has 0 N–H and O–H groups in total. The van der Waals surface area contributed by atoms with E-state index in [2.05, 4.69) is 4.90 Å². The average Bonchev–Trinajstić information content (AvgIpc) is 3.02. The normalized spacial score (nSPS) is 12.4. The molecule has 2 aromatic carbocycles. The summed E-state index contributed by atoms with van der Waals surface area (Å²) in [5, 5.41) is 1.07. The summed E-state index contributed by atoms with van der Waals surface area (Å²) in [7, 11) is 7.09. The van der Waals surface area contributed by atoms with E-state index in [-0.39, 0.29) is 11.3 Å². The summed E-state index contributed by atoms with van der Waals surface area (Å²) in [6, 6.07) is 10.9. The molecule has 29 heavy (non-hydrogen) atoms. The van der Waals surface area contributed by atoms with Crippen molar-refractivity contribution in [2.45, 2.75) is 13.0 Å². The lowest BCUT2D eigenvalue weighted by Gasteiger charge is -2.17. The first kappa shape index (κ1) is 19.2. The van der Waals surface area contributed by atoms with Gasteiger partial charge < -0.3 is 18.9 Å². The van der Waals surface area contributed by atoms with E-state index in [1.165, 1.54) is 7.11 Å². The van der Waals surface area contributed by atoms with Crippen LogP contribution in [-0.2, 0) is 6.54 Å². The van der Waals surface area contributed by atoms with Crippen LogP contribution in [0, 0.1) is 0 Å². The van der Waals surface area contributed by atoms with Gasteiger partial charge in [0, 0.05) is 23.1 Å².